The van der Waals surface area contributed by atoms with E-state index in [1.807, 2.05) is 19.9 Å². The van der Waals surface area contributed by atoms with E-state index in [1.54, 1.807) is 10.7 Å². The van der Waals surface area contributed by atoms with Gasteiger partial charge in [0.2, 0.25) is 0 Å². The Kier molecular flexibility index (Phi) is 2.92. The highest BCUT2D eigenvalue weighted by Crippen LogP contribution is 2.23. The maximum Gasteiger partial charge on any atom is 0.151 e. The lowest BCUT2D eigenvalue weighted by atomic mass is 10.1. The quantitative estimate of drug-likeness (QED) is 0.865. The summed E-state index contributed by atoms with van der Waals surface area (Å²) in [5, 5.41) is 14.1. The molecule has 0 fully saturated rings. The number of hydrogen-bond donors (Lipinski definition) is 1. The van der Waals surface area contributed by atoms with Gasteiger partial charge in [-0.25, -0.2) is 4.39 Å². The van der Waals surface area contributed by atoms with Crippen LogP contribution in [0.1, 0.15) is 25.6 Å². The minimum Gasteiger partial charge on any atom is -0.396 e. The second kappa shape index (κ2) is 4.22. The molecule has 0 aliphatic rings. The lowest BCUT2D eigenvalue weighted by Gasteiger charge is -2.09. The number of aromatic nitrogens is 2. The third kappa shape index (κ3) is 1.69. The first-order valence-electron chi connectivity index (χ1n) is 5.41. The molecule has 1 aromatic carbocycles. The highest BCUT2D eigenvalue weighted by Gasteiger charge is 2.15. The Bertz CT molecular complexity index is 505. The average molecular weight is 222 g/mol. The number of aliphatic hydroxyl groups excluding tert-OH is 1. The number of benzene rings is 1. The van der Waals surface area contributed by atoms with Crippen molar-refractivity contribution in [1.29, 1.82) is 0 Å². The molecule has 1 aromatic heterocycles. The largest absolute Gasteiger partial charge is 0.396 e. The topological polar surface area (TPSA) is 38.0 Å². The molecule has 16 heavy (non-hydrogen) atoms. The molecule has 0 atom stereocenters. The van der Waals surface area contributed by atoms with Crippen molar-refractivity contribution in [3.8, 4) is 0 Å². The van der Waals surface area contributed by atoms with Crippen molar-refractivity contribution in [2.75, 3.05) is 6.61 Å². The predicted molar refractivity (Wildman–Crippen MR) is 60.9 cm³/mol. The number of hydrogen-bond acceptors (Lipinski definition) is 2. The zero-order chi connectivity index (χ0) is 11.7. The minimum atomic E-state index is -0.309. The van der Waals surface area contributed by atoms with Crippen molar-refractivity contribution in [3.63, 3.8) is 0 Å². The van der Waals surface area contributed by atoms with Gasteiger partial charge >= 0.3 is 0 Å². The van der Waals surface area contributed by atoms with Crippen LogP contribution in [0.25, 0.3) is 10.9 Å². The molecule has 1 N–H and O–H groups in total. The van der Waals surface area contributed by atoms with Gasteiger partial charge in [-0.15, -0.1) is 0 Å². The molecule has 0 saturated carbocycles. The summed E-state index contributed by atoms with van der Waals surface area (Å²) in [6, 6.07) is 5.08. The molecule has 2 rings (SSSR count). The van der Waals surface area contributed by atoms with Gasteiger partial charge in [-0.2, -0.15) is 5.10 Å². The van der Waals surface area contributed by atoms with E-state index in [9.17, 15) is 4.39 Å². The smallest absolute Gasteiger partial charge is 0.151 e. The molecular weight excluding hydrogens is 207 g/mol. The minimum absolute atomic E-state index is 0.0457. The summed E-state index contributed by atoms with van der Waals surface area (Å²) in [6.07, 6.45) is 0.498. The van der Waals surface area contributed by atoms with Crippen molar-refractivity contribution in [1.82, 2.24) is 9.78 Å². The fourth-order valence-electron chi connectivity index (χ4n) is 1.92. The molecule has 0 spiro atoms. The Morgan fingerprint density at radius 3 is 2.81 bits per heavy atom. The van der Waals surface area contributed by atoms with Gasteiger partial charge in [-0.1, -0.05) is 12.1 Å². The Hall–Kier alpha value is -1.42. The fourth-order valence-corrected chi connectivity index (χ4v) is 1.92. The number of aliphatic hydroxyl groups is 1. The second-order valence-corrected chi connectivity index (χ2v) is 4.09. The second-order valence-electron chi connectivity index (χ2n) is 4.09. The molecule has 0 saturated heterocycles. The lowest BCUT2D eigenvalue weighted by molar-refractivity contribution is 0.294. The van der Waals surface area contributed by atoms with Crippen LogP contribution >= 0.6 is 0 Å². The molecule has 0 aliphatic carbocycles. The standard InChI is InChI=1S/C12H15FN2O/c1-8(2)15-11(6-7-16)9-4-3-5-10(13)12(9)14-15/h3-5,8,16H,6-7H2,1-2H3. The highest BCUT2D eigenvalue weighted by molar-refractivity contribution is 5.82. The van der Waals surface area contributed by atoms with Crippen molar-refractivity contribution >= 4 is 10.9 Å². The van der Waals surface area contributed by atoms with Crippen LogP contribution in [0.4, 0.5) is 4.39 Å². The first-order valence-corrected chi connectivity index (χ1v) is 5.41. The summed E-state index contributed by atoms with van der Waals surface area (Å²) < 4.78 is 15.3. The van der Waals surface area contributed by atoms with E-state index in [1.165, 1.54) is 6.07 Å². The number of rotatable bonds is 3. The van der Waals surface area contributed by atoms with Gasteiger partial charge in [-0.05, 0) is 19.9 Å². The Labute approximate surface area is 93.5 Å². The van der Waals surface area contributed by atoms with E-state index < -0.39 is 0 Å². The van der Waals surface area contributed by atoms with Crippen LogP contribution in [0, 0.1) is 5.82 Å². The number of halogens is 1. The van der Waals surface area contributed by atoms with Gasteiger partial charge in [0.15, 0.2) is 5.82 Å². The zero-order valence-corrected chi connectivity index (χ0v) is 9.44. The van der Waals surface area contributed by atoms with E-state index in [2.05, 4.69) is 5.10 Å². The normalized spacial score (nSPS) is 11.6. The molecule has 0 unspecified atom stereocenters. The van der Waals surface area contributed by atoms with E-state index >= 15 is 0 Å². The van der Waals surface area contributed by atoms with Crippen LogP contribution in [0.2, 0.25) is 0 Å². The Morgan fingerprint density at radius 1 is 1.44 bits per heavy atom. The summed E-state index contributed by atoms with van der Waals surface area (Å²) in [6.45, 7) is 4.03. The van der Waals surface area contributed by atoms with Crippen LogP contribution in [0.5, 0.6) is 0 Å². The number of nitrogens with zero attached hydrogens (tertiary/aromatic N) is 2. The molecule has 0 aliphatic heterocycles. The maximum absolute atomic E-state index is 13.5. The summed E-state index contributed by atoms with van der Waals surface area (Å²) in [5.74, 6) is -0.309. The van der Waals surface area contributed by atoms with E-state index in [0.717, 1.165) is 11.1 Å². The summed E-state index contributed by atoms with van der Waals surface area (Å²) in [7, 11) is 0. The summed E-state index contributed by atoms with van der Waals surface area (Å²) in [5.41, 5.74) is 1.28. The molecule has 1 heterocycles. The number of fused-ring (bicyclic) bond motifs is 1. The van der Waals surface area contributed by atoms with Crippen LogP contribution in [0.3, 0.4) is 0 Å². The van der Waals surface area contributed by atoms with Crippen molar-refractivity contribution < 1.29 is 9.50 Å². The van der Waals surface area contributed by atoms with Crippen LogP contribution in [-0.2, 0) is 6.42 Å². The van der Waals surface area contributed by atoms with Crippen molar-refractivity contribution in [3.05, 3.63) is 29.7 Å². The SMILES string of the molecule is CC(C)n1nc2c(F)cccc2c1CCO. The molecule has 86 valence electrons. The van der Waals surface area contributed by atoms with Gasteiger partial charge in [0.25, 0.3) is 0 Å². The average Bonchev–Trinajstić information content (AvgIpc) is 2.60. The molecule has 0 radical (unpaired) electrons. The van der Waals surface area contributed by atoms with Gasteiger partial charge in [-0.3, -0.25) is 4.68 Å². The molecule has 3 nitrogen and oxygen atoms in total. The summed E-state index contributed by atoms with van der Waals surface area (Å²) in [4.78, 5) is 0. The molecule has 2 aromatic rings. The Balaban J connectivity index is 2.70. The van der Waals surface area contributed by atoms with Crippen molar-refractivity contribution in [2.24, 2.45) is 0 Å². The maximum atomic E-state index is 13.5. The molecule has 0 amide bonds. The van der Waals surface area contributed by atoms with Gasteiger partial charge in [0, 0.05) is 30.1 Å². The van der Waals surface area contributed by atoms with Crippen molar-refractivity contribution in [2.45, 2.75) is 26.3 Å². The van der Waals surface area contributed by atoms with Gasteiger partial charge in [0.1, 0.15) is 5.52 Å². The Morgan fingerprint density at radius 2 is 2.19 bits per heavy atom. The first kappa shape index (κ1) is 11.1. The third-order valence-electron chi connectivity index (χ3n) is 2.62. The summed E-state index contributed by atoms with van der Waals surface area (Å²) >= 11 is 0. The lowest BCUT2D eigenvalue weighted by Crippen LogP contribution is -2.08. The molecule has 0 bridgehead atoms. The monoisotopic (exact) mass is 222 g/mol. The fraction of sp³-hybridized carbons (Fsp3) is 0.417. The van der Waals surface area contributed by atoms with Gasteiger partial charge in [0.05, 0.1) is 0 Å². The van der Waals surface area contributed by atoms with Crippen LogP contribution < -0.4 is 0 Å². The van der Waals surface area contributed by atoms with E-state index in [4.69, 9.17) is 5.11 Å². The molecule has 4 heteroatoms. The van der Waals surface area contributed by atoms with Gasteiger partial charge < -0.3 is 5.11 Å². The van der Waals surface area contributed by atoms with Crippen LogP contribution in [-0.4, -0.2) is 21.5 Å². The van der Waals surface area contributed by atoms with E-state index in [0.29, 0.717) is 11.9 Å². The third-order valence-corrected chi connectivity index (χ3v) is 2.62. The highest BCUT2D eigenvalue weighted by atomic mass is 19.1. The first-order chi connectivity index (χ1) is 7.65. The van der Waals surface area contributed by atoms with Crippen LogP contribution in [0.15, 0.2) is 18.2 Å². The van der Waals surface area contributed by atoms with E-state index in [-0.39, 0.29) is 18.5 Å². The predicted octanol–water partition coefficient (Wildman–Crippen LogP) is 2.29. The molecular formula is C12H15FN2O. The zero-order valence-electron chi connectivity index (χ0n) is 9.44.